The Kier molecular flexibility index (Phi) is 8.26. The summed E-state index contributed by atoms with van der Waals surface area (Å²) >= 11 is 0. The van der Waals surface area contributed by atoms with Crippen LogP contribution in [0.2, 0.25) is 0 Å². The molecule has 40 heavy (non-hydrogen) atoms. The molecule has 2 N–H and O–H groups in total. The summed E-state index contributed by atoms with van der Waals surface area (Å²) < 4.78 is 4.83. The molecule has 2 amide bonds. The number of anilines is 3. The van der Waals surface area contributed by atoms with Gasteiger partial charge in [0.15, 0.2) is 0 Å². The van der Waals surface area contributed by atoms with Crippen LogP contribution in [0.4, 0.5) is 17.1 Å². The highest BCUT2D eigenvalue weighted by Gasteiger charge is 2.29. The van der Waals surface area contributed by atoms with Crippen LogP contribution in [0, 0.1) is 0 Å². The zero-order valence-electron chi connectivity index (χ0n) is 22.9. The summed E-state index contributed by atoms with van der Waals surface area (Å²) in [6.45, 7) is 2.94. The van der Waals surface area contributed by atoms with Gasteiger partial charge in [0.25, 0.3) is 5.91 Å². The van der Waals surface area contributed by atoms with Crippen LogP contribution in [0.1, 0.15) is 47.2 Å². The van der Waals surface area contributed by atoms with E-state index in [2.05, 4.69) is 15.5 Å². The number of nitrogens with one attached hydrogen (secondary N) is 2. The molecule has 0 radical (unpaired) electrons. The number of methoxy groups -OCH3 is 1. The Morgan fingerprint density at radius 1 is 0.950 bits per heavy atom. The Morgan fingerprint density at radius 3 is 2.38 bits per heavy atom. The number of rotatable bonds is 8. The highest BCUT2D eigenvalue weighted by atomic mass is 16.5. The summed E-state index contributed by atoms with van der Waals surface area (Å²) in [5.41, 5.74) is 5.15. The van der Waals surface area contributed by atoms with E-state index in [1.807, 2.05) is 54.6 Å². The lowest BCUT2D eigenvalue weighted by molar-refractivity contribution is -0.118. The predicted molar refractivity (Wildman–Crippen MR) is 158 cm³/mol. The van der Waals surface area contributed by atoms with Crippen LogP contribution in [-0.2, 0) is 14.3 Å². The molecule has 3 aromatic rings. The molecule has 0 unspecified atom stereocenters. The molecule has 5 rings (SSSR count). The third kappa shape index (κ3) is 5.92. The monoisotopic (exact) mass is 538 g/mol. The van der Waals surface area contributed by atoms with Crippen LogP contribution in [0.3, 0.4) is 0 Å². The standard InChI is InChI=1S/C32H34N4O4/c1-35(28(37)17-20-36-18-7-4-8-19-36)25-14-12-24(13-15-25)33-30(22-9-5-3-6-10-22)29-26-16-11-23(32(39)40-2)21-27(26)34-31(29)38/h3,5-6,9-16,21,33H,4,7-8,17-20H2,1-2H3,(H,34,38). The van der Waals surface area contributed by atoms with Crippen molar-refractivity contribution >= 4 is 46.1 Å². The third-order valence-corrected chi connectivity index (χ3v) is 7.49. The quantitative estimate of drug-likeness (QED) is 0.301. The first-order chi connectivity index (χ1) is 19.4. The summed E-state index contributed by atoms with van der Waals surface area (Å²) in [7, 11) is 3.13. The number of esters is 1. The number of hydrogen-bond donors (Lipinski definition) is 2. The summed E-state index contributed by atoms with van der Waals surface area (Å²) in [5, 5.41) is 6.32. The molecule has 2 aliphatic heterocycles. The molecule has 0 aromatic heterocycles. The van der Waals surface area contributed by atoms with Crippen LogP contribution < -0.4 is 15.5 Å². The maximum Gasteiger partial charge on any atom is 0.337 e. The second-order valence-corrected chi connectivity index (χ2v) is 10.1. The lowest BCUT2D eigenvalue weighted by atomic mass is 9.99. The lowest BCUT2D eigenvalue weighted by Crippen LogP contribution is -2.35. The molecule has 0 spiro atoms. The average Bonchev–Trinajstić information content (AvgIpc) is 3.33. The minimum atomic E-state index is -0.467. The second-order valence-electron chi connectivity index (χ2n) is 10.1. The van der Waals surface area contributed by atoms with Gasteiger partial charge in [0.1, 0.15) is 0 Å². The molecule has 0 atom stereocenters. The molecular formula is C32H34N4O4. The fourth-order valence-corrected chi connectivity index (χ4v) is 5.21. The van der Waals surface area contributed by atoms with Gasteiger partial charge in [-0.3, -0.25) is 9.59 Å². The third-order valence-electron chi connectivity index (χ3n) is 7.49. The summed E-state index contributed by atoms with van der Waals surface area (Å²) in [4.78, 5) is 42.1. The molecule has 8 heteroatoms. The van der Waals surface area contributed by atoms with Crippen LogP contribution >= 0.6 is 0 Å². The largest absolute Gasteiger partial charge is 0.465 e. The van der Waals surface area contributed by atoms with Gasteiger partial charge in [-0.25, -0.2) is 4.79 Å². The van der Waals surface area contributed by atoms with Crippen LogP contribution in [0.15, 0.2) is 72.8 Å². The first-order valence-corrected chi connectivity index (χ1v) is 13.6. The number of likely N-dealkylation sites (tertiary alicyclic amines) is 1. The Hall–Kier alpha value is -4.43. The molecule has 2 aliphatic rings. The fraction of sp³-hybridized carbons (Fsp3) is 0.281. The van der Waals surface area contributed by atoms with Crippen LogP contribution in [-0.4, -0.2) is 56.5 Å². The number of ether oxygens (including phenoxy) is 1. The minimum absolute atomic E-state index is 0.0870. The van der Waals surface area contributed by atoms with E-state index in [0.29, 0.717) is 34.5 Å². The van der Waals surface area contributed by atoms with E-state index >= 15 is 0 Å². The van der Waals surface area contributed by atoms with E-state index in [-0.39, 0.29) is 11.8 Å². The van der Waals surface area contributed by atoms with Crippen molar-refractivity contribution in [2.45, 2.75) is 25.7 Å². The van der Waals surface area contributed by atoms with E-state index in [0.717, 1.165) is 36.6 Å². The van der Waals surface area contributed by atoms with Gasteiger partial charge in [-0.15, -0.1) is 0 Å². The maximum absolute atomic E-state index is 13.2. The van der Waals surface area contributed by atoms with Crippen molar-refractivity contribution in [1.82, 2.24) is 4.90 Å². The van der Waals surface area contributed by atoms with E-state index in [1.165, 1.54) is 26.4 Å². The van der Waals surface area contributed by atoms with Gasteiger partial charge in [-0.2, -0.15) is 0 Å². The van der Waals surface area contributed by atoms with Gasteiger partial charge >= 0.3 is 5.97 Å². The molecule has 206 valence electrons. The van der Waals surface area contributed by atoms with Crippen molar-refractivity contribution in [2.75, 3.05) is 49.3 Å². The first-order valence-electron chi connectivity index (χ1n) is 13.6. The molecule has 8 nitrogen and oxygen atoms in total. The molecule has 0 saturated carbocycles. The Balaban J connectivity index is 1.38. The van der Waals surface area contributed by atoms with Gasteiger partial charge < -0.3 is 25.2 Å². The van der Waals surface area contributed by atoms with Crippen LogP contribution in [0.25, 0.3) is 11.3 Å². The fourth-order valence-electron chi connectivity index (χ4n) is 5.21. The molecule has 0 aliphatic carbocycles. The number of carbonyl (C=O) groups is 3. The van der Waals surface area contributed by atoms with E-state index in [9.17, 15) is 14.4 Å². The number of benzene rings is 3. The average molecular weight is 539 g/mol. The summed E-state index contributed by atoms with van der Waals surface area (Å²) in [5.74, 6) is -0.645. The van der Waals surface area contributed by atoms with Gasteiger partial charge in [-0.05, 0) is 67.9 Å². The Bertz CT molecular complexity index is 1430. The number of carbonyl (C=O) groups excluding carboxylic acids is 3. The van der Waals surface area contributed by atoms with Gasteiger partial charge in [0, 0.05) is 37.0 Å². The van der Waals surface area contributed by atoms with Crippen molar-refractivity contribution in [3.8, 4) is 0 Å². The van der Waals surface area contributed by atoms with Crippen molar-refractivity contribution in [2.24, 2.45) is 0 Å². The number of nitrogens with zero attached hydrogens (tertiary/aromatic N) is 2. The Morgan fingerprint density at radius 2 is 1.68 bits per heavy atom. The molecule has 3 aromatic carbocycles. The zero-order valence-corrected chi connectivity index (χ0v) is 22.9. The normalized spacial score (nSPS) is 16.1. The minimum Gasteiger partial charge on any atom is -0.465 e. The van der Waals surface area contributed by atoms with Gasteiger partial charge in [0.2, 0.25) is 5.91 Å². The second kappa shape index (κ2) is 12.2. The molecule has 1 saturated heterocycles. The molecular weight excluding hydrogens is 504 g/mol. The predicted octanol–water partition coefficient (Wildman–Crippen LogP) is 5.24. The maximum atomic E-state index is 13.2. The summed E-state index contributed by atoms with van der Waals surface area (Å²) in [6.07, 6.45) is 4.19. The van der Waals surface area contributed by atoms with E-state index in [4.69, 9.17) is 4.74 Å². The van der Waals surface area contributed by atoms with Crippen molar-refractivity contribution in [3.63, 3.8) is 0 Å². The van der Waals surface area contributed by atoms with Gasteiger partial charge in [-0.1, -0.05) is 42.8 Å². The smallest absolute Gasteiger partial charge is 0.337 e. The van der Waals surface area contributed by atoms with E-state index in [1.54, 1.807) is 30.1 Å². The number of piperidine rings is 1. The number of fused-ring (bicyclic) bond motifs is 1. The Labute approximate surface area is 234 Å². The summed E-state index contributed by atoms with van der Waals surface area (Å²) in [6, 6.07) is 22.3. The zero-order chi connectivity index (χ0) is 28.1. The van der Waals surface area contributed by atoms with Crippen LogP contribution in [0.5, 0.6) is 0 Å². The van der Waals surface area contributed by atoms with Crippen molar-refractivity contribution in [1.29, 1.82) is 0 Å². The lowest BCUT2D eigenvalue weighted by Gasteiger charge is -2.27. The first kappa shape index (κ1) is 27.1. The van der Waals surface area contributed by atoms with E-state index < -0.39 is 5.97 Å². The SMILES string of the molecule is COC(=O)c1ccc2c(c1)NC(=O)C2=C(Nc1ccc(N(C)C(=O)CCN2CCCCC2)cc1)c1ccccc1. The van der Waals surface area contributed by atoms with Gasteiger partial charge in [0.05, 0.1) is 29.6 Å². The molecule has 2 heterocycles. The van der Waals surface area contributed by atoms with Crippen molar-refractivity contribution < 1.29 is 19.1 Å². The topological polar surface area (TPSA) is 91.0 Å². The molecule has 0 bridgehead atoms. The highest BCUT2D eigenvalue weighted by molar-refractivity contribution is 6.37. The number of hydrogen-bond acceptors (Lipinski definition) is 6. The van der Waals surface area contributed by atoms with Crippen molar-refractivity contribution in [3.05, 3.63) is 89.5 Å². The number of amides is 2. The molecule has 1 fully saturated rings. The highest BCUT2D eigenvalue weighted by Crippen LogP contribution is 2.38.